The van der Waals surface area contributed by atoms with Crippen LogP contribution in [0.3, 0.4) is 0 Å². The Balaban J connectivity index is 2.80. The molecule has 6 nitrogen and oxygen atoms in total. The van der Waals surface area contributed by atoms with E-state index < -0.39 is 12.1 Å². The molecule has 1 unspecified atom stereocenters. The minimum atomic E-state index is -1.00. The van der Waals surface area contributed by atoms with Gasteiger partial charge in [-0.1, -0.05) is 0 Å². The Bertz CT molecular complexity index is 215. The number of hydrazine groups is 1. The first-order valence-corrected chi connectivity index (χ1v) is 3.06. The van der Waals surface area contributed by atoms with E-state index in [1.54, 1.807) is 14.1 Å². The van der Waals surface area contributed by atoms with Crippen LogP contribution in [-0.2, 0) is 4.79 Å². The highest BCUT2D eigenvalue weighted by Crippen LogP contribution is 2.09. The van der Waals surface area contributed by atoms with Gasteiger partial charge in [0.25, 0.3) is 0 Å². The van der Waals surface area contributed by atoms with Crippen LogP contribution in [0.2, 0.25) is 0 Å². The van der Waals surface area contributed by atoms with Gasteiger partial charge in [0.05, 0.1) is 0 Å². The SMILES string of the molecule is CN1C(N)=NC(C(=O)O)N1C. The fourth-order valence-corrected chi connectivity index (χ4v) is 0.833. The van der Waals surface area contributed by atoms with Crippen molar-refractivity contribution in [1.29, 1.82) is 0 Å². The third-order valence-corrected chi connectivity index (χ3v) is 1.63. The van der Waals surface area contributed by atoms with Crippen molar-refractivity contribution < 1.29 is 9.90 Å². The number of nitrogens with two attached hydrogens (primary N) is 1. The van der Waals surface area contributed by atoms with E-state index in [0.29, 0.717) is 0 Å². The normalized spacial score (nSPS) is 25.5. The smallest absolute Gasteiger partial charge is 0.345 e. The molecule has 0 fully saturated rings. The lowest BCUT2D eigenvalue weighted by Gasteiger charge is -2.22. The lowest BCUT2D eigenvalue weighted by Crippen LogP contribution is -2.44. The summed E-state index contributed by atoms with van der Waals surface area (Å²) < 4.78 is 0. The number of carboxylic acid groups (broad SMARTS) is 1. The molecule has 0 saturated carbocycles. The van der Waals surface area contributed by atoms with Crippen LogP contribution >= 0.6 is 0 Å². The first kappa shape index (κ1) is 7.80. The molecule has 0 aliphatic carbocycles. The molecule has 1 aliphatic heterocycles. The summed E-state index contributed by atoms with van der Waals surface area (Å²) >= 11 is 0. The zero-order chi connectivity index (χ0) is 8.59. The Hall–Kier alpha value is -1.30. The van der Waals surface area contributed by atoms with Gasteiger partial charge in [-0.3, -0.25) is 5.01 Å². The summed E-state index contributed by atoms with van der Waals surface area (Å²) in [5.74, 6) is -0.778. The summed E-state index contributed by atoms with van der Waals surface area (Å²) in [6, 6.07) is 0. The monoisotopic (exact) mass is 158 g/mol. The molecule has 0 radical (unpaired) electrons. The van der Waals surface area contributed by atoms with E-state index in [2.05, 4.69) is 4.99 Å². The molecule has 1 atom stereocenters. The number of likely N-dealkylation sites (N-methyl/N-ethyl adjacent to an activating group) is 1. The van der Waals surface area contributed by atoms with Crippen molar-refractivity contribution >= 4 is 11.9 Å². The average molecular weight is 158 g/mol. The Labute approximate surface area is 63.9 Å². The van der Waals surface area contributed by atoms with Crippen molar-refractivity contribution in [1.82, 2.24) is 10.0 Å². The standard InChI is InChI=1S/C5H10N4O2/c1-8-3(4(10)11)7-5(6)9(8)2/h3H,1-2H3,(H2,6,7)(H,10,11). The Kier molecular flexibility index (Phi) is 1.69. The fraction of sp³-hybridized carbons (Fsp3) is 0.600. The second-order valence-corrected chi connectivity index (χ2v) is 2.30. The number of aliphatic carboxylic acids is 1. The van der Waals surface area contributed by atoms with Crippen molar-refractivity contribution in [2.75, 3.05) is 14.1 Å². The molecule has 0 bridgehead atoms. The van der Waals surface area contributed by atoms with Gasteiger partial charge in [0.1, 0.15) is 0 Å². The van der Waals surface area contributed by atoms with E-state index in [1.807, 2.05) is 0 Å². The van der Waals surface area contributed by atoms with Crippen molar-refractivity contribution in [3.8, 4) is 0 Å². The Morgan fingerprint density at radius 3 is 2.45 bits per heavy atom. The van der Waals surface area contributed by atoms with Crippen molar-refractivity contribution in [2.24, 2.45) is 10.7 Å². The second kappa shape index (κ2) is 2.39. The maximum atomic E-state index is 10.5. The van der Waals surface area contributed by atoms with E-state index in [-0.39, 0.29) is 5.96 Å². The largest absolute Gasteiger partial charge is 0.479 e. The molecular formula is C5H10N4O2. The Morgan fingerprint density at radius 2 is 2.27 bits per heavy atom. The number of carbonyl (C=O) groups is 1. The van der Waals surface area contributed by atoms with Gasteiger partial charge in [-0.2, -0.15) is 5.01 Å². The van der Waals surface area contributed by atoms with Crippen molar-refractivity contribution in [2.45, 2.75) is 6.17 Å². The van der Waals surface area contributed by atoms with E-state index in [1.165, 1.54) is 10.0 Å². The molecule has 0 aromatic carbocycles. The molecule has 1 rings (SSSR count). The lowest BCUT2D eigenvalue weighted by atomic mass is 10.5. The molecule has 0 aromatic rings. The van der Waals surface area contributed by atoms with Gasteiger partial charge in [0.15, 0.2) is 0 Å². The highest BCUT2D eigenvalue weighted by Gasteiger charge is 2.31. The van der Waals surface area contributed by atoms with Crippen molar-refractivity contribution in [3.05, 3.63) is 0 Å². The molecular weight excluding hydrogens is 148 g/mol. The number of guanidine groups is 1. The molecule has 0 saturated heterocycles. The molecule has 62 valence electrons. The first-order chi connectivity index (χ1) is 5.04. The summed E-state index contributed by atoms with van der Waals surface area (Å²) in [6.07, 6.45) is -0.875. The molecule has 1 aliphatic rings. The zero-order valence-electron chi connectivity index (χ0n) is 6.35. The van der Waals surface area contributed by atoms with E-state index in [4.69, 9.17) is 10.8 Å². The summed E-state index contributed by atoms with van der Waals surface area (Å²) in [7, 11) is 3.27. The molecule has 0 spiro atoms. The highest BCUT2D eigenvalue weighted by atomic mass is 16.4. The van der Waals surface area contributed by atoms with Crippen LogP contribution < -0.4 is 5.73 Å². The minimum Gasteiger partial charge on any atom is -0.479 e. The lowest BCUT2D eigenvalue weighted by molar-refractivity contribution is -0.144. The number of aliphatic imine (C=N–C) groups is 1. The molecule has 0 aromatic heterocycles. The predicted octanol–water partition coefficient (Wildman–Crippen LogP) is -1.50. The minimum absolute atomic E-state index is 0.222. The quantitative estimate of drug-likeness (QED) is 0.485. The van der Waals surface area contributed by atoms with Crippen LogP contribution in [0.4, 0.5) is 0 Å². The fourth-order valence-electron chi connectivity index (χ4n) is 0.833. The predicted molar refractivity (Wildman–Crippen MR) is 38.6 cm³/mol. The summed E-state index contributed by atoms with van der Waals surface area (Å²) in [4.78, 5) is 14.2. The molecule has 1 heterocycles. The van der Waals surface area contributed by atoms with Crippen molar-refractivity contribution in [3.63, 3.8) is 0 Å². The molecule has 11 heavy (non-hydrogen) atoms. The number of hydrogen-bond acceptors (Lipinski definition) is 5. The van der Waals surface area contributed by atoms with Crippen LogP contribution in [-0.4, -0.2) is 47.3 Å². The molecule has 0 amide bonds. The third-order valence-electron chi connectivity index (χ3n) is 1.63. The van der Waals surface area contributed by atoms with E-state index in [9.17, 15) is 4.79 Å². The summed E-state index contributed by atoms with van der Waals surface area (Å²) in [5, 5.41) is 11.5. The number of hydrogen-bond donors (Lipinski definition) is 2. The van der Waals surface area contributed by atoms with Crippen LogP contribution in [0.1, 0.15) is 0 Å². The summed E-state index contributed by atoms with van der Waals surface area (Å²) in [6.45, 7) is 0. The van der Waals surface area contributed by atoms with E-state index in [0.717, 1.165) is 0 Å². The number of nitrogens with zero attached hydrogens (tertiary/aromatic N) is 3. The van der Waals surface area contributed by atoms with Crippen LogP contribution in [0.5, 0.6) is 0 Å². The van der Waals surface area contributed by atoms with Crippen LogP contribution in [0.15, 0.2) is 4.99 Å². The van der Waals surface area contributed by atoms with Gasteiger partial charge in [-0.15, -0.1) is 0 Å². The van der Waals surface area contributed by atoms with Gasteiger partial charge >= 0.3 is 5.97 Å². The summed E-state index contributed by atoms with van der Waals surface area (Å²) in [5.41, 5.74) is 5.37. The number of rotatable bonds is 1. The highest BCUT2D eigenvalue weighted by molar-refractivity contribution is 5.85. The second-order valence-electron chi connectivity index (χ2n) is 2.30. The zero-order valence-corrected chi connectivity index (χ0v) is 6.35. The molecule has 3 N–H and O–H groups in total. The maximum Gasteiger partial charge on any atom is 0.345 e. The van der Waals surface area contributed by atoms with E-state index >= 15 is 0 Å². The average Bonchev–Trinajstić information content (AvgIpc) is 2.17. The topological polar surface area (TPSA) is 82.2 Å². The van der Waals surface area contributed by atoms with Crippen LogP contribution in [0.25, 0.3) is 0 Å². The van der Waals surface area contributed by atoms with Gasteiger partial charge in [0.2, 0.25) is 12.1 Å². The van der Waals surface area contributed by atoms with Gasteiger partial charge in [0, 0.05) is 14.1 Å². The third kappa shape index (κ3) is 1.12. The maximum absolute atomic E-state index is 10.5. The van der Waals surface area contributed by atoms with Gasteiger partial charge in [-0.05, 0) is 0 Å². The first-order valence-electron chi connectivity index (χ1n) is 3.06. The molecule has 6 heteroatoms. The van der Waals surface area contributed by atoms with Gasteiger partial charge in [-0.25, -0.2) is 9.79 Å². The Morgan fingerprint density at radius 1 is 1.73 bits per heavy atom. The van der Waals surface area contributed by atoms with Gasteiger partial charge < -0.3 is 10.8 Å². The van der Waals surface area contributed by atoms with Crippen LogP contribution in [0, 0.1) is 0 Å². The number of carboxylic acids is 1.